The highest BCUT2D eigenvalue weighted by atomic mass is 127. The van der Waals surface area contributed by atoms with Crippen LogP contribution >= 0.6 is 22.6 Å². The van der Waals surface area contributed by atoms with Crippen molar-refractivity contribution in [3.8, 4) is 0 Å². The highest BCUT2D eigenvalue weighted by Gasteiger charge is 2.03. The van der Waals surface area contributed by atoms with Crippen molar-refractivity contribution < 1.29 is 10.2 Å². The lowest BCUT2D eigenvalue weighted by atomic mass is 10.2. The Morgan fingerprint density at radius 1 is 1.36 bits per heavy atom. The van der Waals surface area contributed by atoms with Gasteiger partial charge in [-0.3, -0.25) is 0 Å². The first-order valence-electron chi connectivity index (χ1n) is 3.02. The second kappa shape index (κ2) is 3.38. The van der Waals surface area contributed by atoms with Crippen molar-refractivity contribution in [3.63, 3.8) is 0 Å². The molecule has 0 aromatic heterocycles. The number of rotatable bonds is 1. The normalized spacial score (nSPS) is 10.5. The molecular weight excluding hydrogens is 257 g/mol. The van der Waals surface area contributed by atoms with E-state index >= 15 is 0 Å². The second-order valence-corrected chi connectivity index (χ2v) is 3.32. The molecule has 0 saturated carbocycles. The Labute approximate surface area is 78.0 Å². The molecule has 0 saturated heterocycles. The minimum Gasteiger partial charge on any atom is -0.398 e. The van der Waals surface area contributed by atoms with Crippen molar-refractivity contribution in [1.82, 2.24) is 0 Å². The van der Waals surface area contributed by atoms with Crippen LogP contribution in [0.4, 0.5) is 5.69 Å². The van der Waals surface area contributed by atoms with Crippen molar-refractivity contribution in [2.24, 2.45) is 0 Å². The largest absolute Gasteiger partial charge is 0.398 e. The van der Waals surface area contributed by atoms with Gasteiger partial charge >= 0.3 is 0 Å². The van der Waals surface area contributed by atoms with Gasteiger partial charge in [0.1, 0.15) is 0 Å². The third-order valence-electron chi connectivity index (χ3n) is 1.32. The van der Waals surface area contributed by atoms with Gasteiger partial charge in [-0.25, -0.2) is 0 Å². The maximum atomic E-state index is 8.75. The molecule has 0 bridgehead atoms. The summed E-state index contributed by atoms with van der Waals surface area (Å²) in [6, 6.07) is 4.87. The number of nitrogens with two attached hydrogens (primary N) is 1. The van der Waals surface area contributed by atoms with E-state index in [0.717, 1.165) is 3.57 Å². The predicted molar refractivity (Wildman–Crippen MR) is 50.8 cm³/mol. The van der Waals surface area contributed by atoms with Crippen LogP contribution in [0, 0.1) is 3.57 Å². The lowest BCUT2D eigenvalue weighted by Crippen LogP contribution is -1.97. The van der Waals surface area contributed by atoms with E-state index in [-0.39, 0.29) is 0 Å². The summed E-state index contributed by atoms with van der Waals surface area (Å²) < 4.78 is 0.827. The molecule has 1 aromatic carbocycles. The molecule has 0 unspecified atom stereocenters. The van der Waals surface area contributed by atoms with Crippen LogP contribution < -0.4 is 5.73 Å². The molecule has 1 aromatic rings. The van der Waals surface area contributed by atoms with Gasteiger partial charge in [0.2, 0.25) is 0 Å². The molecule has 0 aliphatic rings. The quantitative estimate of drug-likeness (QED) is 0.401. The molecule has 0 spiro atoms. The molecule has 11 heavy (non-hydrogen) atoms. The number of anilines is 1. The van der Waals surface area contributed by atoms with E-state index in [2.05, 4.69) is 0 Å². The van der Waals surface area contributed by atoms with Crippen LogP contribution in [-0.4, -0.2) is 10.2 Å². The van der Waals surface area contributed by atoms with Crippen LogP contribution in [0.15, 0.2) is 18.2 Å². The number of halogens is 1. The maximum absolute atomic E-state index is 8.75. The van der Waals surface area contributed by atoms with E-state index in [1.54, 1.807) is 18.2 Å². The summed E-state index contributed by atoms with van der Waals surface area (Å²) in [6.07, 6.45) is -1.41. The number of aliphatic hydroxyl groups is 2. The summed E-state index contributed by atoms with van der Waals surface area (Å²) in [7, 11) is 0. The predicted octanol–water partition coefficient (Wildman–Crippen LogP) is 0.857. The Morgan fingerprint density at radius 2 is 2.00 bits per heavy atom. The molecule has 0 heterocycles. The average Bonchev–Trinajstić information content (AvgIpc) is 1.94. The van der Waals surface area contributed by atoms with Gasteiger partial charge in [-0.2, -0.15) is 0 Å². The third kappa shape index (κ3) is 2.05. The lowest BCUT2D eigenvalue weighted by molar-refractivity contribution is -0.0425. The monoisotopic (exact) mass is 265 g/mol. The third-order valence-corrected chi connectivity index (χ3v) is 2.26. The molecule has 60 valence electrons. The Kier molecular flexibility index (Phi) is 2.69. The molecule has 0 atom stereocenters. The fourth-order valence-electron chi connectivity index (χ4n) is 0.704. The van der Waals surface area contributed by atoms with Gasteiger partial charge < -0.3 is 15.9 Å². The van der Waals surface area contributed by atoms with Crippen molar-refractivity contribution >= 4 is 28.3 Å². The molecule has 0 fully saturated rings. The van der Waals surface area contributed by atoms with Crippen molar-refractivity contribution in [3.05, 3.63) is 27.3 Å². The van der Waals surface area contributed by atoms with E-state index in [0.29, 0.717) is 11.3 Å². The maximum Gasteiger partial charge on any atom is 0.178 e. The molecule has 0 aliphatic carbocycles. The Balaban J connectivity index is 3.05. The van der Waals surface area contributed by atoms with E-state index in [9.17, 15) is 0 Å². The summed E-state index contributed by atoms with van der Waals surface area (Å²) in [6.45, 7) is 0. The van der Waals surface area contributed by atoms with Crippen molar-refractivity contribution in [1.29, 1.82) is 0 Å². The molecule has 0 amide bonds. The van der Waals surface area contributed by atoms with Gasteiger partial charge in [0.05, 0.1) is 0 Å². The zero-order valence-corrected chi connectivity index (χ0v) is 7.82. The van der Waals surface area contributed by atoms with Crippen LogP contribution in [0.2, 0.25) is 0 Å². The second-order valence-electron chi connectivity index (χ2n) is 2.15. The van der Waals surface area contributed by atoms with Gasteiger partial charge in [0.15, 0.2) is 6.29 Å². The molecule has 0 aliphatic heterocycles. The van der Waals surface area contributed by atoms with Gasteiger partial charge in [-0.15, -0.1) is 0 Å². The minimum absolute atomic E-state index is 0.462. The molecule has 0 radical (unpaired) electrons. The van der Waals surface area contributed by atoms with E-state index < -0.39 is 6.29 Å². The van der Waals surface area contributed by atoms with Crippen LogP contribution in [-0.2, 0) is 0 Å². The molecular formula is C7H8INO2. The Morgan fingerprint density at radius 3 is 2.45 bits per heavy atom. The molecule has 4 N–H and O–H groups in total. The zero-order chi connectivity index (χ0) is 8.43. The summed E-state index contributed by atoms with van der Waals surface area (Å²) in [5, 5.41) is 17.5. The summed E-state index contributed by atoms with van der Waals surface area (Å²) in [5.41, 5.74) is 6.63. The van der Waals surface area contributed by atoms with Crippen LogP contribution in [0.5, 0.6) is 0 Å². The first-order chi connectivity index (χ1) is 5.11. The van der Waals surface area contributed by atoms with Gasteiger partial charge in [-0.05, 0) is 34.7 Å². The first kappa shape index (κ1) is 8.76. The van der Waals surface area contributed by atoms with Crippen LogP contribution in [0.3, 0.4) is 0 Å². The van der Waals surface area contributed by atoms with E-state index in [1.807, 2.05) is 22.6 Å². The topological polar surface area (TPSA) is 66.5 Å². The Hall–Kier alpha value is -0.330. The van der Waals surface area contributed by atoms with Crippen LogP contribution in [0.1, 0.15) is 11.9 Å². The number of benzene rings is 1. The number of hydrogen-bond donors (Lipinski definition) is 3. The smallest absolute Gasteiger partial charge is 0.178 e. The fraction of sp³-hybridized carbons (Fsp3) is 0.143. The highest BCUT2D eigenvalue weighted by Crippen LogP contribution is 2.19. The number of nitrogen functional groups attached to an aromatic ring is 1. The summed E-state index contributed by atoms with van der Waals surface area (Å²) >= 11 is 2.04. The number of aliphatic hydroxyl groups excluding tert-OH is 1. The van der Waals surface area contributed by atoms with Gasteiger partial charge in [-0.1, -0.05) is 6.07 Å². The highest BCUT2D eigenvalue weighted by molar-refractivity contribution is 14.1. The van der Waals surface area contributed by atoms with Crippen molar-refractivity contribution in [2.75, 3.05) is 5.73 Å². The lowest BCUT2D eigenvalue weighted by Gasteiger charge is -2.04. The fourth-order valence-corrected chi connectivity index (χ4v) is 1.24. The summed E-state index contributed by atoms with van der Waals surface area (Å²) in [5.74, 6) is 0. The van der Waals surface area contributed by atoms with Crippen LogP contribution in [0.25, 0.3) is 0 Å². The Bertz CT molecular complexity index is 263. The molecule has 1 rings (SSSR count). The summed E-state index contributed by atoms with van der Waals surface area (Å²) in [4.78, 5) is 0. The molecule has 3 nitrogen and oxygen atoms in total. The SMILES string of the molecule is Nc1ccc(C(O)O)cc1I. The van der Waals surface area contributed by atoms with E-state index in [4.69, 9.17) is 15.9 Å². The molecule has 4 heteroatoms. The minimum atomic E-state index is -1.41. The van der Waals surface area contributed by atoms with E-state index in [1.165, 1.54) is 0 Å². The average molecular weight is 265 g/mol. The zero-order valence-electron chi connectivity index (χ0n) is 5.66. The van der Waals surface area contributed by atoms with Gasteiger partial charge in [0, 0.05) is 14.8 Å². The van der Waals surface area contributed by atoms with Gasteiger partial charge in [0.25, 0.3) is 0 Å². The standard InChI is InChI=1S/C7H8INO2/c8-5-3-4(7(10)11)1-2-6(5)9/h1-3,7,10-11H,9H2. The van der Waals surface area contributed by atoms with Crippen molar-refractivity contribution in [2.45, 2.75) is 6.29 Å². The number of hydrogen-bond acceptors (Lipinski definition) is 3. The first-order valence-corrected chi connectivity index (χ1v) is 4.10.